The summed E-state index contributed by atoms with van der Waals surface area (Å²) < 4.78 is 57.8. The van der Waals surface area contributed by atoms with Crippen molar-refractivity contribution >= 4 is 46.0 Å². The Kier molecular flexibility index (Phi) is 8.37. The number of ether oxygens (including phenoxy) is 2. The summed E-state index contributed by atoms with van der Waals surface area (Å²) in [5.41, 5.74) is 10.9. The van der Waals surface area contributed by atoms with Crippen molar-refractivity contribution < 1.29 is 22.6 Å². The first-order chi connectivity index (χ1) is 20.8. The van der Waals surface area contributed by atoms with Crippen LogP contribution in [0.1, 0.15) is 24.4 Å². The smallest absolute Gasteiger partial charge is 0.302 e. The summed E-state index contributed by atoms with van der Waals surface area (Å²) in [5, 5.41) is 10.0. The van der Waals surface area contributed by atoms with E-state index in [1.165, 1.54) is 12.1 Å². The van der Waals surface area contributed by atoms with Gasteiger partial charge in [-0.05, 0) is 42.7 Å². The number of pyridine rings is 1. The Hall–Kier alpha value is -3.94. The molecule has 4 heterocycles. The number of hydrogen-bond donors (Lipinski definition) is 2. The van der Waals surface area contributed by atoms with Gasteiger partial charge in [0, 0.05) is 61.3 Å². The molecule has 0 aliphatic carbocycles. The molecule has 0 unspecified atom stereocenters. The van der Waals surface area contributed by atoms with E-state index in [0.717, 1.165) is 29.5 Å². The normalized spacial score (nSPS) is 14.1. The van der Waals surface area contributed by atoms with Crippen molar-refractivity contribution in [3.05, 3.63) is 71.4 Å². The predicted molar refractivity (Wildman–Crippen MR) is 162 cm³/mol. The highest BCUT2D eigenvalue weighted by Crippen LogP contribution is 2.40. The molecule has 0 bridgehead atoms. The van der Waals surface area contributed by atoms with Gasteiger partial charge in [-0.2, -0.15) is 19.0 Å². The molecule has 2 aromatic carbocycles. The molecule has 224 valence electrons. The van der Waals surface area contributed by atoms with Crippen LogP contribution in [0, 0.1) is 5.82 Å². The highest BCUT2D eigenvalue weighted by molar-refractivity contribution is 8.00. The van der Waals surface area contributed by atoms with E-state index >= 15 is 0 Å². The van der Waals surface area contributed by atoms with Crippen LogP contribution in [-0.4, -0.2) is 43.5 Å². The molecule has 3 N–H and O–H groups in total. The van der Waals surface area contributed by atoms with E-state index in [2.05, 4.69) is 14.8 Å². The lowest BCUT2D eigenvalue weighted by atomic mass is 10.0. The van der Waals surface area contributed by atoms with Crippen LogP contribution in [0.15, 0.2) is 55.0 Å². The molecule has 0 saturated carbocycles. The van der Waals surface area contributed by atoms with Gasteiger partial charge in [0.2, 0.25) is 0 Å². The SMILES string of the molecule is Cn1nc(-c2ccc(NSC(F)F)c(OCc3ccc(Cl)c(F)c3)c2)c2c(N)ncc(-c3cnn(C4CCOCC4)c3)c21. The highest BCUT2D eigenvalue weighted by atomic mass is 35.5. The summed E-state index contributed by atoms with van der Waals surface area (Å²) in [6.07, 6.45) is 7.31. The molecule has 5 aromatic rings. The number of benzene rings is 2. The number of halogens is 4. The van der Waals surface area contributed by atoms with Gasteiger partial charge >= 0.3 is 5.76 Å². The number of nitrogens with two attached hydrogens (primary N) is 1. The molecule has 6 rings (SSSR count). The number of fused-ring (bicyclic) bond motifs is 1. The molecule has 0 spiro atoms. The number of rotatable bonds is 9. The number of nitrogen functional groups attached to an aromatic ring is 1. The van der Waals surface area contributed by atoms with Gasteiger partial charge < -0.3 is 19.9 Å². The van der Waals surface area contributed by atoms with Crippen LogP contribution in [-0.2, 0) is 18.4 Å². The minimum Gasteiger partial charge on any atom is -0.487 e. The molecule has 0 radical (unpaired) electrons. The van der Waals surface area contributed by atoms with Crippen LogP contribution in [0.3, 0.4) is 0 Å². The van der Waals surface area contributed by atoms with Crippen LogP contribution < -0.4 is 15.2 Å². The minimum absolute atomic E-state index is 0.00929. The molecule has 43 heavy (non-hydrogen) atoms. The maximum absolute atomic E-state index is 14.0. The Bertz CT molecular complexity index is 1770. The second kappa shape index (κ2) is 12.3. The summed E-state index contributed by atoms with van der Waals surface area (Å²) in [7, 11) is 1.82. The molecule has 9 nitrogen and oxygen atoms in total. The fourth-order valence-corrected chi connectivity index (χ4v) is 5.65. The van der Waals surface area contributed by atoms with Crippen molar-refractivity contribution in [1.82, 2.24) is 24.5 Å². The van der Waals surface area contributed by atoms with E-state index in [4.69, 9.17) is 31.9 Å². The van der Waals surface area contributed by atoms with Crippen molar-refractivity contribution in [2.24, 2.45) is 7.05 Å². The van der Waals surface area contributed by atoms with E-state index < -0.39 is 11.6 Å². The number of alkyl halides is 2. The first-order valence-electron chi connectivity index (χ1n) is 13.4. The Morgan fingerprint density at radius 1 is 1.16 bits per heavy atom. The summed E-state index contributed by atoms with van der Waals surface area (Å²) >= 11 is 6.04. The van der Waals surface area contributed by atoms with Crippen LogP contribution >= 0.6 is 23.5 Å². The van der Waals surface area contributed by atoms with Crippen LogP contribution in [0.2, 0.25) is 5.02 Å². The summed E-state index contributed by atoms with van der Waals surface area (Å²) in [5.74, 6) is -2.69. The number of hydrogen-bond acceptors (Lipinski definition) is 8. The van der Waals surface area contributed by atoms with Crippen molar-refractivity contribution in [1.29, 1.82) is 0 Å². The number of aromatic nitrogens is 5. The zero-order chi connectivity index (χ0) is 30.1. The predicted octanol–water partition coefficient (Wildman–Crippen LogP) is 7.09. The van der Waals surface area contributed by atoms with E-state index in [1.807, 2.05) is 24.1 Å². The fourth-order valence-electron chi connectivity index (χ4n) is 5.15. The van der Waals surface area contributed by atoms with Crippen molar-refractivity contribution in [3.8, 4) is 28.1 Å². The lowest BCUT2D eigenvalue weighted by Crippen LogP contribution is -2.19. The molecule has 3 aromatic heterocycles. The lowest BCUT2D eigenvalue weighted by Gasteiger charge is -2.22. The number of aryl methyl sites for hydroxylation is 1. The summed E-state index contributed by atoms with van der Waals surface area (Å²) in [6.45, 7) is 1.38. The second-order valence-corrected chi connectivity index (χ2v) is 11.2. The van der Waals surface area contributed by atoms with Crippen LogP contribution in [0.4, 0.5) is 24.7 Å². The van der Waals surface area contributed by atoms with E-state index in [-0.39, 0.29) is 41.2 Å². The van der Waals surface area contributed by atoms with Crippen molar-refractivity contribution in [2.45, 2.75) is 31.2 Å². The topological polar surface area (TPSA) is 105 Å². The van der Waals surface area contributed by atoms with E-state index in [0.29, 0.717) is 41.1 Å². The van der Waals surface area contributed by atoms with Gasteiger partial charge in [0.25, 0.3) is 0 Å². The van der Waals surface area contributed by atoms with Crippen molar-refractivity contribution in [2.75, 3.05) is 23.7 Å². The number of nitrogens with zero attached hydrogens (tertiary/aromatic N) is 5. The van der Waals surface area contributed by atoms with E-state index in [1.54, 1.807) is 35.1 Å². The Morgan fingerprint density at radius 2 is 1.98 bits per heavy atom. The average molecular weight is 630 g/mol. The van der Waals surface area contributed by atoms with E-state index in [9.17, 15) is 13.2 Å². The largest absolute Gasteiger partial charge is 0.487 e. The van der Waals surface area contributed by atoms with Gasteiger partial charge in [0.05, 0.1) is 33.9 Å². The third-order valence-corrected chi connectivity index (χ3v) is 8.08. The summed E-state index contributed by atoms with van der Waals surface area (Å²) in [6, 6.07) is 9.61. The molecule has 14 heteroatoms. The third-order valence-electron chi connectivity index (χ3n) is 7.26. The quantitative estimate of drug-likeness (QED) is 0.167. The fraction of sp³-hybridized carbons (Fsp3) is 0.276. The molecule has 1 saturated heterocycles. The standard InChI is InChI=1S/C29H27ClF3N7O2S/c1-39-27-20(18-12-36-40(14-18)19-6-8-41-9-7-19)13-35-28(34)25(27)26(37-39)17-3-5-23(38-43-29(32)33)24(11-17)42-15-16-2-4-21(30)22(31)10-16/h2-5,10-14,19,29,38H,6-9,15H2,1H3,(H2,34,35). The van der Waals surface area contributed by atoms with Gasteiger partial charge in [-0.15, -0.1) is 0 Å². The lowest BCUT2D eigenvalue weighted by molar-refractivity contribution is 0.0662. The Balaban J connectivity index is 1.38. The highest BCUT2D eigenvalue weighted by Gasteiger charge is 2.22. The van der Waals surface area contributed by atoms with Crippen LogP contribution in [0.25, 0.3) is 33.3 Å². The molecule has 1 fully saturated rings. The maximum atomic E-state index is 14.0. The van der Waals surface area contributed by atoms with Crippen LogP contribution in [0.5, 0.6) is 5.75 Å². The van der Waals surface area contributed by atoms with Gasteiger partial charge in [0.1, 0.15) is 29.7 Å². The van der Waals surface area contributed by atoms with Gasteiger partial charge in [-0.1, -0.05) is 23.7 Å². The van der Waals surface area contributed by atoms with Gasteiger partial charge in [-0.25, -0.2) is 9.37 Å². The monoisotopic (exact) mass is 629 g/mol. The van der Waals surface area contributed by atoms with Gasteiger partial charge in [-0.3, -0.25) is 9.36 Å². The molecule has 1 aliphatic heterocycles. The first kappa shape index (κ1) is 29.1. The first-order valence-corrected chi connectivity index (χ1v) is 14.7. The Labute approximate surface area is 254 Å². The number of nitrogens with one attached hydrogen (secondary N) is 1. The molecular formula is C29H27ClF3N7O2S. The second-order valence-electron chi connectivity index (χ2n) is 10.0. The minimum atomic E-state index is -2.65. The molecule has 0 amide bonds. The zero-order valence-electron chi connectivity index (χ0n) is 22.9. The average Bonchev–Trinajstić information content (AvgIpc) is 3.64. The summed E-state index contributed by atoms with van der Waals surface area (Å²) in [4.78, 5) is 4.48. The maximum Gasteiger partial charge on any atom is 0.302 e. The van der Waals surface area contributed by atoms with Crippen molar-refractivity contribution in [3.63, 3.8) is 0 Å². The zero-order valence-corrected chi connectivity index (χ0v) is 24.5. The molecular weight excluding hydrogens is 603 g/mol. The van der Waals surface area contributed by atoms with Gasteiger partial charge in [0.15, 0.2) is 0 Å². The Morgan fingerprint density at radius 3 is 2.74 bits per heavy atom. The third kappa shape index (κ3) is 6.10. The molecule has 0 atom stereocenters. The number of anilines is 2. The molecule has 1 aliphatic rings.